The zero-order chi connectivity index (χ0) is 37.0. The molecular weight excluding hydrogens is 685 g/mol. The summed E-state index contributed by atoms with van der Waals surface area (Å²) >= 11 is 0. The van der Waals surface area contributed by atoms with Crippen molar-refractivity contribution in [2.75, 3.05) is 0 Å². The van der Waals surface area contributed by atoms with Crippen LogP contribution in [0, 0.1) is 0 Å². The van der Waals surface area contributed by atoms with Gasteiger partial charge in [0.1, 0.15) is 5.82 Å². The molecule has 0 saturated carbocycles. The van der Waals surface area contributed by atoms with Gasteiger partial charge in [0.25, 0.3) is 0 Å². The minimum atomic E-state index is 0.576. The Bertz CT molecular complexity index is 3160. The number of hydrogen-bond donors (Lipinski definition) is 0. The molecule has 8 aromatic carbocycles. The molecule has 6 nitrogen and oxygen atoms in total. The predicted octanol–water partition coefficient (Wildman–Crippen LogP) is 12.1. The van der Waals surface area contributed by atoms with Crippen LogP contribution in [-0.4, -0.2) is 29.1 Å². The number of aromatic nitrogens is 6. The highest BCUT2D eigenvalue weighted by Gasteiger charge is 2.21. The summed E-state index contributed by atoms with van der Waals surface area (Å²) in [6.45, 7) is 0. The minimum absolute atomic E-state index is 0.576. The van der Waals surface area contributed by atoms with Crippen molar-refractivity contribution in [2.45, 2.75) is 0 Å². The van der Waals surface area contributed by atoms with Gasteiger partial charge in [-0.1, -0.05) is 158 Å². The highest BCUT2D eigenvalue weighted by molar-refractivity contribution is 6.19. The van der Waals surface area contributed by atoms with Crippen LogP contribution in [0.1, 0.15) is 0 Å². The second kappa shape index (κ2) is 13.0. The first-order chi connectivity index (χ1) is 27.8. The van der Waals surface area contributed by atoms with Gasteiger partial charge in [0.15, 0.2) is 11.6 Å². The first kappa shape index (κ1) is 31.8. The lowest BCUT2D eigenvalue weighted by atomic mass is 10.0. The summed E-state index contributed by atoms with van der Waals surface area (Å²) < 4.78 is 4.46. The smallest absolute Gasteiger partial charge is 0.238 e. The van der Waals surface area contributed by atoms with Crippen LogP contribution >= 0.6 is 0 Å². The molecule has 0 unspecified atom stereocenters. The van der Waals surface area contributed by atoms with Crippen LogP contribution in [0.4, 0.5) is 0 Å². The number of hydrogen-bond acceptors (Lipinski definition) is 4. The van der Waals surface area contributed by atoms with E-state index in [0.29, 0.717) is 17.6 Å². The summed E-state index contributed by atoms with van der Waals surface area (Å²) in [5, 5.41) is 4.55. The molecule has 0 radical (unpaired) electrons. The van der Waals surface area contributed by atoms with Crippen molar-refractivity contribution in [1.82, 2.24) is 29.1 Å². The topological polar surface area (TPSA) is 61.4 Å². The standard InChI is InChI=1S/C50H32N6/c1-4-15-35(16-5-1)47-52-48(36-17-6-2-7-18-36)54-50(53-47)56-44-31-29-38(32-42(44)41-30-28-34-14-10-11-21-40(34)46(41)56)33-24-26-37(27-25-33)49-51-43-22-12-13-23-45(43)55(49)39-19-8-3-9-20-39/h1-32H. The van der Waals surface area contributed by atoms with Gasteiger partial charge < -0.3 is 0 Å². The van der Waals surface area contributed by atoms with Crippen LogP contribution in [0.25, 0.3) is 101 Å². The molecule has 6 heteroatoms. The quantitative estimate of drug-likeness (QED) is 0.172. The fourth-order valence-corrected chi connectivity index (χ4v) is 7.94. The Balaban J connectivity index is 1.09. The third-order valence-electron chi connectivity index (χ3n) is 10.6. The summed E-state index contributed by atoms with van der Waals surface area (Å²) in [5.74, 6) is 2.74. The van der Waals surface area contributed by atoms with Gasteiger partial charge in [0.2, 0.25) is 5.95 Å². The number of benzene rings is 8. The maximum Gasteiger partial charge on any atom is 0.238 e. The van der Waals surface area contributed by atoms with Gasteiger partial charge in [-0.05, 0) is 52.9 Å². The van der Waals surface area contributed by atoms with Gasteiger partial charge in [-0.15, -0.1) is 0 Å². The Labute approximate surface area is 322 Å². The van der Waals surface area contributed by atoms with Crippen LogP contribution in [0.3, 0.4) is 0 Å². The molecule has 11 aromatic rings. The Morgan fingerprint density at radius 2 is 0.946 bits per heavy atom. The van der Waals surface area contributed by atoms with Crippen LogP contribution < -0.4 is 0 Å². The van der Waals surface area contributed by atoms with Crippen molar-refractivity contribution >= 4 is 43.6 Å². The molecule has 11 rings (SSSR count). The Hall–Kier alpha value is -7.70. The Kier molecular flexibility index (Phi) is 7.38. The maximum absolute atomic E-state index is 5.18. The first-order valence-electron chi connectivity index (χ1n) is 18.7. The molecule has 0 N–H and O–H groups in total. The van der Waals surface area contributed by atoms with Gasteiger partial charge in [0, 0.05) is 38.5 Å². The van der Waals surface area contributed by atoms with Gasteiger partial charge in [0.05, 0.1) is 22.1 Å². The van der Waals surface area contributed by atoms with E-state index in [2.05, 4.69) is 130 Å². The zero-order valence-corrected chi connectivity index (χ0v) is 30.2. The lowest BCUT2D eigenvalue weighted by molar-refractivity contribution is 0.955. The van der Waals surface area contributed by atoms with E-state index in [-0.39, 0.29) is 0 Å². The third kappa shape index (κ3) is 5.27. The van der Waals surface area contributed by atoms with Crippen molar-refractivity contribution in [3.8, 4) is 56.9 Å². The first-order valence-corrected chi connectivity index (χ1v) is 18.7. The molecule has 56 heavy (non-hydrogen) atoms. The lowest BCUT2D eigenvalue weighted by Gasteiger charge is -2.12. The number of fused-ring (bicyclic) bond motifs is 6. The number of imidazole rings is 1. The number of nitrogens with zero attached hydrogens (tertiary/aromatic N) is 6. The highest BCUT2D eigenvalue weighted by Crippen LogP contribution is 2.39. The van der Waals surface area contributed by atoms with Gasteiger partial charge in [-0.25, -0.2) is 9.97 Å². The van der Waals surface area contributed by atoms with Crippen molar-refractivity contribution in [3.63, 3.8) is 0 Å². The van der Waals surface area contributed by atoms with Crippen molar-refractivity contribution in [1.29, 1.82) is 0 Å². The van der Waals surface area contributed by atoms with Gasteiger partial charge >= 0.3 is 0 Å². The molecule has 3 aromatic heterocycles. The van der Waals surface area contributed by atoms with Crippen molar-refractivity contribution in [2.24, 2.45) is 0 Å². The maximum atomic E-state index is 5.18. The molecule has 0 bridgehead atoms. The molecule has 0 saturated heterocycles. The molecule has 0 amide bonds. The summed E-state index contributed by atoms with van der Waals surface area (Å²) in [5.41, 5.74) is 10.4. The number of rotatable bonds is 6. The fourth-order valence-electron chi connectivity index (χ4n) is 7.94. The van der Waals surface area contributed by atoms with E-state index >= 15 is 0 Å². The van der Waals surface area contributed by atoms with Crippen molar-refractivity contribution < 1.29 is 0 Å². The molecular formula is C50H32N6. The Morgan fingerprint density at radius 1 is 0.339 bits per heavy atom. The van der Waals surface area contributed by atoms with Crippen LogP contribution in [0.2, 0.25) is 0 Å². The highest BCUT2D eigenvalue weighted by atomic mass is 15.2. The van der Waals surface area contributed by atoms with Crippen LogP contribution in [0.5, 0.6) is 0 Å². The lowest BCUT2D eigenvalue weighted by Crippen LogP contribution is -2.06. The van der Waals surface area contributed by atoms with E-state index in [1.807, 2.05) is 72.8 Å². The second-order valence-electron chi connectivity index (χ2n) is 13.9. The summed E-state index contributed by atoms with van der Waals surface area (Å²) in [6, 6.07) is 67.4. The second-order valence-corrected chi connectivity index (χ2v) is 13.9. The number of para-hydroxylation sites is 3. The van der Waals surface area contributed by atoms with E-state index in [0.717, 1.165) is 82.9 Å². The average Bonchev–Trinajstić information content (AvgIpc) is 3.84. The molecule has 0 aliphatic carbocycles. The SMILES string of the molecule is c1ccc(-c2nc(-c3ccccc3)nc(-n3c4ccc(-c5ccc(-c6nc7ccccc7n6-c6ccccc6)cc5)cc4c4ccc5ccccc5c43)n2)cc1. The molecule has 0 aliphatic rings. The summed E-state index contributed by atoms with van der Waals surface area (Å²) in [4.78, 5) is 20.4. The van der Waals surface area contributed by atoms with E-state index in [4.69, 9.17) is 19.9 Å². The predicted molar refractivity (Wildman–Crippen MR) is 228 cm³/mol. The molecule has 262 valence electrons. The zero-order valence-electron chi connectivity index (χ0n) is 30.2. The molecule has 3 heterocycles. The molecule has 0 fully saturated rings. The minimum Gasteiger partial charge on any atom is -0.292 e. The largest absolute Gasteiger partial charge is 0.292 e. The third-order valence-corrected chi connectivity index (χ3v) is 10.6. The van der Waals surface area contributed by atoms with E-state index in [9.17, 15) is 0 Å². The molecule has 0 atom stereocenters. The Morgan fingerprint density at radius 3 is 1.68 bits per heavy atom. The normalized spacial score (nSPS) is 11.6. The van der Waals surface area contributed by atoms with Gasteiger partial charge in [-0.2, -0.15) is 9.97 Å². The van der Waals surface area contributed by atoms with Crippen LogP contribution in [-0.2, 0) is 0 Å². The summed E-state index contributed by atoms with van der Waals surface area (Å²) in [6.07, 6.45) is 0. The van der Waals surface area contributed by atoms with E-state index < -0.39 is 0 Å². The van der Waals surface area contributed by atoms with E-state index in [1.54, 1.807) is 0 Å². The average molecular weight is 717 g/mol. The van der Waals surface area contributed by atoms with Crippen LogP contribution in [0.15, 0.2) is 194 Å². The monoisotopic (exact) mass is 716 g/mol. The fraction of sp³-hybridized carbons (Fsp3) is 0. The molecule has 0 aliphatic heterocycles. The molecule has 0 spiro atoms. The van der Waals surface area contributed by atoms with Gasteiger partial charge in [-0.3, -0.25) is 9.13 Å². The summed E-state index contributed by atoms with van der Waals surface area (Å²) in [7, 11) is 0. The van der Waals surface area contributed by atoms with E-state index in [1.165, 1.54) is 0 Å². The van der Waals surface area contributed by atoms with Crippen molar-refractivity contribution in [3.05, 3.63) is 194 Å².